The van der Waals surface area contributed by atoms with Crippen molar-refractivity contribution in [3.8, 4) is 5.75 Å². The molecular formula is C18H23ClN4O2S. The highest BCUT2D eigenvalue weighted by Crippen LogP contribution is 2.24. The van der Waals surface area contributed by atoms with Crippen LogP contribution in [0.1, 0.15) is 19.7 Å². The van der Waals surface area contributed by atoms with Crippen LogP contribution in [0.5, 0.6) is 5.75 Å². The van der Waals surface area contributed by atoms with Gasteiger partial charge in [0.05, 0.1) is 10.8 Å². The summed E-state index contributed by atoms with van der Waals surface area (Å²) < 4.78 is 7.52. The second kappa shape index (κ2) is 9.64. The number of benzene rings is 1. The molecule has 1 aromatic carbocycles. The van der Waals surface area contributed by atoms with Crippen molar-refractivity contribution in [1.82, 2.24) is 19.7 Å². The minimum atomic E-state index is 0.0531. The van der Waals surface area contributed by atoms with Gasteiger partial charge in [-0.05, 0) is 26.0 Å². The first-order valence-electron chi connectivity index (χ1n) is 8.23. The molecule has 0 spiro atoms. The third kappa shape index (κ3) is 5.51. The van der Waals surface area contributed by atoms with Crippen molar-refractivity contribution >= 4 is 29.3 Å². The van der Waals surface area contributed by atoms with Gasteiger partial charge >= 0.3 is 0 Å². The first-order chi connectivity index (χ1) is 12.4. The highest BCUT2D eigenvalue weighted by molar-refractivity contribution is 7.99. The SMILES string of the molecule is C=C(C)CN(CC)C(=O)CSc1nnc(COc2ccccc2Cl)n1C. The predicted molar refractivity (Wildman–Crippen MR) is 105 cm³/mol. The van der Waals surface area contributed by atoms with Crippen LogP contribution in [-0.4, -0.2) is 44.4 Å². The number of carbonyl (C=O) groups is 1. The van der Waals surface area contributed by atoms with Crippen molar-refractivity contribution in [2.75, 3.05) is 18.8 Å². The van der Waals surface area contributed by atoms with Crippen LogP contribution in [0.3, 0.4) is 0 Å². The molecule has 1 aromatic heterocycles. The summed E-state index contributed by atoms with van der Waals surface area (Å²) in [6, 6.07) is 7.27. The number of carbonyl (C=O) groups excluding carboxylic acids is 1. The Morgan fingerprint density at radius 3 is 2.77 bits per heavy atom. The number of hydrogen-bond acceptors (Lipinski definition) is 5. The van der Waals surface area contributed by atoms with Crippen molar-refractivity contribution < 1.29 is 9.53 Å². The lowest BCUT2D eigenvalue weighted by Crippen LogP contribution is -2.33. The van der Waals surface area contributed by atoms with Crippen LogP contribution in [0.4, 0.5) is 0 Å². The third-order valence-corrected chi connectivity index (χ3v) is 4.96. The minimum Gasteiger partial charge on any atom is -0.484 e. The second-order valence-electron chi connectivity index (χ2n) is 5.83. The molecule has 140 valence electrons. The number of likely N-dealkylation sites (N-methyl/N-ethyl adjacent to an activating group) is 1. The number of nitrogens with zero attached hydrogens (tertiary/aromatic N) is 4. The molecule has 0 aliphatic rings. The maximum absolute atomic E-state index is 12.3. The van der Waals surface area contributed by atoms with Gasteiger partial charge in [0, 0.05) is 20.1 Å². The number of halogens is 1. The number of rotatable bonds is 9. The molecule has 0 fully saturated rings. The first-order valence-corrected chi connectivity index (χ1v) is 9.59. The van der Waals surface area contributed by atoms with Gasteiger partial charge in [-0.15, -0.1) is 10.2 Å². The van der Waals surface area contributed by atoms with Crippen LogP contribution in [0.2, 0.25) is 5.02 Å². The van der Waals surface area contributed by atoms with E-state index in [-0.39, 0.29) is 12.5 Å². The normalized spacial score (nSPS) is 10.6. The average Bonchev–Trinajstić information content (AvgIpc) is 2.96. The lowest BCUT2D eigenvalue weighted by molar-refractivity contribution is -0.127. The van der Waals surface area contributed by atoms with Gasteiger partial charge in [-0.1, -0.05) is 47.6 Å². The van der Waals surface area contributed by atoms with Crippen molar-refractivity contribution in [1.29, 1.82) is 0 Å². The zero-order valence-corrected chi connectivity index (χ0v) is 16.8. The fourth-order valence-electron chi connectivity index (χ4n) is 2.22. The van der Waals surface area contributed by atoms with E-state index >= 15 is 0 Å². The summed E-state index contributed by atoms with van der Waals surface area (Å²) in [5.74, 6) is 1.62. The quantitative estimate of drug-likeness (QED) is 0.480. The summed E-state index contributed by atoms with van der Waals surface area (Å²) >= 11 is 7.44. The lowest BCUT2D eigenvalue weighted by Gasteiger charge is -2.20. The average molecular weight is 395 g/mol. The number of para-hydroxylation sites is 1. The monoisotopic (exact) mass is 394 g/mol. The molecule has 8 heteroatoms. The minimum absolute atomic E-state index is 0.0531. The van der Waals surface area contributed by atoms with Gasteiger partial charge in [-0.2, -0.15) is 0 Å². The maximum atomic E-state index is 12.3. The van der Waals surface area contributed by atoms with Gasteiger partial charge in [0.25, 0.3) is 0 Å². The predicted octanol–water partition coefficient (Wildman–Crippen LogP) is 3.56. The Morgan fingerprint density at radius 1 is 1.38 bits per heavy atom. The van der Waals surface area contributed by atoms with Crippen molar-refractivity contribution in [2.45, 2.75) is 25.6 Å². The van der Waals surface area contributed by atoms with Crippen LogP contribution in [0, 0.1) is 0 Å². The van der Waals surface area contributed by atoms with Gasteiger partial charge in [-0.3, -0.25) is 4.79 Å². The molecule has 26 heavy (non-hydrogen) atoms. The molecule has 0 unspecified atom stereocenters. The Labute approximate surface area is 163 Å². The molecule has 0 N–H and O–H groups in total. The van der Waals surface area contributed by atoms with E-state index < -0.39 is 0 Å². The largest absolute Gasteiger partial charge is 0.484 e. The molecule has 1 heterocycles. The molecule has 0 saturated carbocycles. The van der Waals surface area contributed by atoms with Crippen LogP contribution in [0.15, 0.2) is 41.6 Å². The van der Waals surface area contributed by atoms with E-state index in [1.54, 1.807) is 17.0 Å². The van der Waals surface area contributed by atoms with Crippen LogP contribution < -0.4 is 4.74 Å². The zero-order chi connectivity index (χ0) is 19.1. The van der Waals surface area contributed by atoms with Crippen LogP contribution in [-0.2, 0) is 18.4 Å². The molecular weight excluding hydrogens is 372 g/mol. The molecule has 2 aromatic rings. The molecule has 0 aliphatic heterocycles. The maximum Gasteiger partial charge on any atom is 0.233 e. The molecule has 0 radical (unpaired) electrons. The van der Waals surface area contributed by atoms with E-state index in [0.717, 1.165) is 5.57 Å². The molecule has 0 saturated heterocycles. The molecule has 2 rings (SSSR count). The van der Waals surface area contributed by atoms with E-state index in [1.807, 2.05) is 37.6 Å². The van der Waals surface area contributed by atoms with Gasteiger partial charge in [0.1, 0.15) is 12.4 Å². The molecule has 0 atom stereocenters. The Balaban J connectivity index is 1.93. The highest BCUT2D eigenvalue weighted by Gasteiger charge is 2.16. The summed E-state index contributed by atoms with van der Waals surface area (Å²) in [5, 5.41) is 9.50. The van der Waals surface area contributed by atoms with Gasteiger partial charge in [0.2, 0.25) is 5.91 Å². The number of thioether (sulfide) groups is 1. The van der Waals surface area contributed by atoms with Crippen molar-refractivity contribution in [3.63, 3.8) is 0 Å². The first kappa shape index (κ1) is 20.3. The van der Waals surface area contributed by atoms with Gasteiger partial charge in [-0.25, -0.2) is 0 Å². The topological polar surface area (TPSA) is 60.3 Å². The molecule has 0 aliphatic carbocycles. The summed E-state index contributed by atoms with van der Waals surface area (Å²) in [4.78, 5) is 14.1. The summed E-state index contributed by atoms with van der Waals surface area (Å²) in [6.07, 6.45) is 0. The number of hydrogen-bond donors (Lipinski definition) is 0. The number of amides is 1. The smallest absolute Gasteiger partial charge is 0.233 e. The fraction of sp³-hybridized carbons (Fsp3) is 0.389. The Kier molecular flexibility index (Phi) is 7.53. The van der Waals surface area contributed by atoms with E-state index in [4.69, 9.17) is 16.3 Å². The van der Waals surface area contributed by atoms with Crippen molar-refractivity contribution in [2.24, 2.45) is 7.05 Å². The standard InChI is InChI=1S/C18H23ClN4O2S/c1-5-23(10-13(2)3)17(24)12-26-18-21-20-16(22(18)4)11-25-15-9-7-6-8-14(15)19/h6-9H,2,5,10-12H2,1,3-4H3. The van der Waals surface area contributed by atoms with E-state index in [2.05, 4.69) is 16.8 Å². The zero-order valence-electron chi connectivity index (χ0n) is 15.2. The summed E-state index contributed by atoms with van der Waals surface area (Å²) in [5.41, 5.74) is 0.961. The summed E-state index contributed by atoms with van der Waals surface area (Å²) in [7, 11) is 1.85. The van der Waals surface area contributed by atoms with Crippen LogP contribution >= 0.6 is 23.4 Å². The molecule has 0 bridgehead atoms. The lowest BCUT2D eigenvalue weighted by atomic mass is 10.3. The van der Waals surface area contributed by atoms with E-state index in [0.29, 0.717) is 40.6 Å². The Morgan fingerprint density at radius 2 is 2.12 bits per heavy atom. The van der Waals surface area contributed by atoms with Crippen LogP contribution in [0.25, 0.3) is 0 Å². The molecule has 6 nitrogen and oxygen atoms in total. The van der Waals surface area contributed by atoms with E-state index in [9.17, 15) is 4.79 Å². The fourth-order valence-corrected chi connectivity index (χ4v) is 3.24. The Bertz CT molecular complexity index is 778. The second-order valence-corrected chi connectivity index (χ2v) is 7.18. The van der Waals surface area contributed by atoms with Gasteiger partial charge in [0.15, 0.2) is 11.0 Å². The molecule has 1 amide bonds. The number of aromatic nitrogens is 3. The Hall–Kier alpha value is -1.99. The third-order valence-electron chi connectivity index (χ3n) is 3.64. The van der Waals surface area contributed by atoms with Crippen molar-refractivity contribution in [3.05, 3.63) is 47.3 Å². The summed E-state index contributed by atoms with van der Waals surface area (Å²) in [6.45, 7) is 9.21. The number of ether oxygens (including phenoxy) is 1. The highest BCUT2D eigenvalue weighted by atomic mass is 35.5. The van der Waals surface area contributed by atoms with E-state index in [1.165, 1.54) is 11.8 Å². The van der Waals surface area contributed by atoms with Gasteiger partial charge < -0.3 is 14.2 Å².